The Morgan fingerprint density at radius 2 is 2.28 bits per heavy atom. The largest absolute Gasteiger partial charge is 0.414 e. The molecule has 2 aromatic rings. The summed E-state index contributed by atoms with van der Waals surface area (Å²) in [5.74, 6) is -0.386. The third-order valence-corrected chi connectivity index (χ3v) is 5.87. The van der Waals surface area contributed by atoms with Gasteiger partial charge in [0.05, 0.1) is 6.20 Å². The molecule has 1 aromatic heterocycles. The van der Waals surface area contributed by atoms with Crippen molar-refractivity contribution in [2.45, 2.75) is 25.0 Å². The van der Waals surface area contributed by atoms with Gasteiger partial charge in [0.15, 0.2) is 5.13 Å². The Hall–Kier alpha value is -1.90. The first-order chi connectivity index (χ1) is 11.9. The van der Waals surface area contributed by atoms with Gasteiger partial charge in [-0.3, -0.25) is 9.52 Å². The van der Waals surface area contributed by atoms with Gasteiger partial charge < -0.3 is 4.74 Å². The number of thiazole rings is 1. The molecule has 0 amide bonds. The van der Waals surface area contributed by atoms with Gasteiger partial charge in [0.25, 0.3) is 0 Å². The van der Waals surface area contributed by atoms with Crippen LogP contribution in [-0.2, 0) is 14.8 Å². The topological polar surface area (TPSA) is 85.4 Å². The molecule has 1 unspecified atom stereocenters. The average molecular weight is 401 g/mol. The number of carbonyl (C=O) groups is 1. The minimum Gasteiger partial charge on any atom is -0.414 e. The monoisotopic (exact) mass is 400 g/mol. The second-order valence-electron chi connectivity index (χ2n) is 5.07. The van der Waals surface area contributed by atoms with Crippen molar-refractivity contribution in [2.24, 2.45) is 0 Å². The van der Waals surface area contributed by atoms with Crippen molar-refractivity contribution in [2.75, 3.05) is 4.72 Å². The fraction of sp³-hybridized carbons (Fsp3) is 0.250. The van der Waals surface area contributed by atoms with E-state index in [2.05, 4.69) is 16.3 Å². The van der Waals surface area contributed by atoms with E-state index in [0.29, 0.717) is 17.0 Å². The molecule has 0 aliphatic carbocycles. The number of aromatic nitrogens is 1. The van der Waals surface area contributed by atoms with Crippen LogP contribution in [0.15, 0.2) is 43.1 Å². The number of nitrogens with one attached hydrogen (secondary N) is 1. The van der Waals surface area contributed by atoms with E-state index in [1.54, 1.807) is 24.3 Å². The normalized spacial score (nSPS) is 12.4. The summed E-state index contributed by atoms with van der Waals surface area (Å²) in [7, 11) is -3.84. The Morgan fingerprint density at radius 1 is 1.52 bits per heavy atom. The summed E-state index contributed by atoms with van der Waals surface area (Å²) in [4.78, 5) is 15.4. The molecular formula is C16H17ClN2O4S2. The summed E-state index contributed by atoms with van der Waals surface area (Å²) < 4.78 is 32.7. The van der Waals surface area contributed by atoms with Crippen LogP contribution >= 0.6 is 22.9 Å². The van der Waals surface area contributed by atoms with Crippen LogP contribution in [0, 0.1) is 0 Å². The number of carbonyl (C=O) groups excluding carboxylic acids is 1. The van der Waals surface area contributed by atoms with E-state index in [1.807, 2.05) is 6.92 Å². The van der Waals surface area contributed by atoms with Gasteiger partial charge in [0, 0.05) is 11.4 Å². The number of nitrogens with zero attached hydrogens (tertiary/aromatic N) is 1. The number of hydrogen-bond donors (Lipinski definition) is 1. The van der Waals surface area contributed by atoms with Crippen LogP contribution in [0.2, 0.25) is 5.02 Å². The van der Waals surface area contributed by atoms with Crippen molar-refractivity contribution in [3.05, 3.63) is 53.7 Å². The first-order valence-corrected chi connectivity index (χ1v) is 10.2. The van der Waals surface area contributed by atoms with Crippen LogP contribution in [0.25, 0.3) is 0 Å². The summed E-state index contributed by atoms with van der Waals surface area (Å²) in [6.45, 7) is 5.45. The fourth-order valence-electron chi connectivity index (χ4n) is 2.03. The standard InChI is InChI=1S/C16H17ClN2O4S2/c1-3-6-14(20)23-15-10-18-16(24-15)19-25(21,22)13(4-2)11-7-5-8-12(17)9-11/h4-5,7-10,13H,2-3,6H2,1H3,(H,18,19). The second-order valence-corrected chi connectivity index (χ2v) is 8.30. The molecule has 0 saturated heterocycles. The number of halogens is 1. The SMILES string of the molecule is C=CC(c1cccc(Cl)c1)S(=O)(=O)Nc1ncc(OC(=O)CCC)s1. The van der Waals surface area contributed by atoms with Gasteiger partial charge in [-0.15, -0.1) is 6.58 Å². The zero-order chi connectivity index (χ0) is 18.4. The number of anilines is 1. The highest BCUT2D eigenvalue weighted by atomic mass is 35.5. The highest BCUT2D eigenvalue weighted by molar-refractivity contribution is 7.93. The van der Waals surface area contributed by atoms with Gasteiger partial charge in [0.1, 0.15) is 5.25 Å². The molecule has 0 fully saturated rings. The summed E-state index contributed by atoms with van der Waals surface area (Å²) in [6.07, 6.45) is 3.56. The maximum Gasteiger partial charge on any atom is 0.312 e. The highest BCUT2D eigenvalue weighted by Crippen LogP contribution is 2.31. The highest BCUT2D eigenvalue weighted by Gasteiger charge is 2.26. The summed E-state index contributed by atoms with van der Waals surface area (Å²) in [6, 6.07) is 6.53. The molecule has 0 spiro atoms. The van der Waals surface area contributed by atoms with E-state index >= 15 is 0 Å². The van der Waals surface area contributed by atoms with Gasteiger partial charge in [-0.1, -0.05) is 48.1 Å². The minimum absolute atomic E-state index is 0.105. The maximum atomic E-state index is 12.6. The molecule has 25 heavy (non-hydrogen) atoms. The molecule has 0 bridgehead atoms. The fourth-order valence-corrected chi connectivity index (χ4v) is 4.46. The predicted molar refractivity (Wildman–Crippen MR) is 99.6 cm³/mol. The molecule has 9 heteroatoms. The van der Waals surface area contributed by atoms with Gasteiger partial charge in [-0.05, 0) is 24.1 Å². The summed E-state index contributed by atoms with van der Waals surface area (Å²) >= 11 is 6.86. The van der Waals surface area contributed by atoms with Crippen LogP contribution in [0.1, 0.15) is 30.6 Å². The average Bonchev–Trinajstić information content (AvgIpc) is 2.94. The molecule has 0 aliphatic rings. The number of hydrogen-bond acceptors (Lipinski definition) is 6. The van der Waals surface area contributed by atoms with Crippen LogP contribution in [-0.4, -0.2) is 19.4 Å². The molecule has 2 rings (SSSR count). The summed E-state index contributed by atoms with van der Waals surface area (Å²) in [5.41, 5.74) is 0.487. The van der Waals surface area contributed by atoms with Crippen molar-refractivity contribution in [1.29, 1.82) is 0 Å². The van der Waals surface area contributed by atoms with Crippen LogP contribution in [0.3, 0.4) is 0 Å². The Balaban J connectivity index is 2.16. The van der Waals surface area contributed by atoms with E-state index in [-0.39, 0.29) is 22.6 Å². The van der Waals surface area contributed by atoms with Gasteiger partial charge >= 0.3 is 5.97 Å². The van der Waals surface area contributed by atoms with Gasteiger partial charge in [-0.25, -0.2) is 13.4 Å². The smallest absolute Gasteiger partial charge is 0.312 e. The predicted octanol–water partition coefficient (Wildman–Crippen LogP) is 4.17. The van der Waals surface area contributed by atoms with Crippen LogP contribution < -0.4 is 9.46 Å². The van der Waals surface area contributed by atoms with Gasteiger partial charge in [0.2, 0.25) is 15.1 Å². The molecule has 134 valence electrons. The second kappa shape index (κ2) is 8.46. The molecular weight excluding hydrogens is 384 g/mol. The van der Waals surface area contributed by atoms with Gasteiger partial charge in [-0.2, -0.15) is 0 Å². The lowest BCUT2D eigenvalue weighted by molar-refractivity contribution is -0.134. The lowest BCUT2D eigenvalue weighted by Gasteiger charge is -2.14. The Morgan fingerprint density at radius 3 is 2.92 bits per heavy atom. The van der Waals surface area contributed by atoms with E-state index < -0.39 is 15.3 Å². The van der Waals surface area contributed by atoms with Crippen molar-refractivity contribution < 1.29 is 17.9 Å². The third-order valence-electron chi connectivity index (χ3n) is 3.11. The minimum atomic E-state index is -3.84. The number of ether oxygens (including phenoxy) is 1. The molecule has 0 aliphatic heterocycles. The Bertz CT molecular complexity index is 865. The number of rotatable bonds is 8. The van der Waals surface area contributed by atoms with E-state index in [9.17, 15) is 13.2 Å². The van der Waals surface area contributed by atoms with Crippen molar-refractivity contribution in [1.82, 2.24) is 4.98 Å². The van der Waals surface area contributed by atoms with E-state index in [4.69, 9.17) is 16.3 Å². The first-order valence-electron chi connectivity index (χ1n) is 7.42. The quantitative estimate of drug-likeness (QED) is 0.530. The Kier molecular flexibility index (Phi) is 6.57. The first kappa shape index (κ1) is 19.4. The number of benzene rings is 1. The zero-order valence-corrected chi connectivity index (χ0v) is 15.8. The molecule has 1 aromatic carbocycles. The van der Waals surface area contributed by atoms with Crippen molar-refractivity contribution in [3.8, 4) is 5.06 Å². The molecule has 0 saturated carbocycles. The maximum absolute atomic E-state index is 12.6. The number of sulfonamides is 1. The van der Waals surface area contributed by atoms with E-state index in [0.717, 1.165) is 11.3 Å². The zero-order valence-electron chi connectivity index (χ0n) is 13.4. The third kappa shape index (κ3) is 5.29. The van der Waals surface area contributed by atoms with E-state index in [1.165, 1.54) is 12.3 Å². The molecule has 1 N–H and O–H groups in total. The number of esters is 1. The molecule has 1 heterocycles. The molecule has 6 nitrogen and oxygen atoms in total. The summed E-state index contributed by atoms with van der Waals surface area (Å²) in [5, 5.41) is -0.234. The van der Waals surface area contributed by atoms with Crippen LogP contribution in [0.4, 0.5) is 5.13 Å². The molecule has 0 radical (unpaired) electrons. The molecule has 1 atom stereocenters. The van der Waals surface area contributed by atoms with Crippen LogP contribution in [0.5, 0.6) is 5.06 Å². The lowest BCUT2D eigenvalue weighted by Crippen LogP contribution is -2.19. The van der Waals surface area contributed by atoms with Crippen molar-refractivity contribution >= 4 is 44.1 Å². The lowest BCUT2D eigenvalue weighted by atomic mass is 10.1. The Labute approximate surface area is 155 Å². The van der Waals surface area contributed by atoms with Crippen molar-refractivity contribution in [3.63, 3.8) is 0 Å².